The molecule has 0 amide bonds. The van der Waals surface area contributed by atoms with Crippen LogP contribution in [0.1, 0.15) is 66.2 Å². The third kappa shape index (κ3) is 5.34. The lowest BCUT2D eigenvalue weighted by molar-refractivity contribution is 0.167. The molecule has 16 heavy (non-hydrogen) atoms. The second-order valence-electron chi connectivity index (χ2n) is 7.37. The average Bonchev–Trinajstić information content (AvgIpc) is 2.10. The van der Waals surface area contributed by atoms with Crippen molar-refractivity contribution in [2.24, 2.45) is 10.8 Å². The van der Waals surface area contributed by atoms with Crippen LogP contribution in [0, 0.1) is 10.8 Å². The van der Waals surface area contributed by atoms with Gasteiger partial charge in [0.15, 0.2) is 0 Å². The van der Waals surface area contributed by atoms with Gasteiger partial charge in [-0.05, 0) is 63.1 Å². The van der Waals surface area contributed by atoms with Gasteiger partial charge in [0.1, 0.15) is 0 Å². The van der Waals surface area contributed by atoms with E-state index in [1.807, 2.05) is 0 Å². The van der Waals surface area contributed by atoms with E-state index in [4.69, 9.17) is 0 Å². The van der Waals surface area contributed by atoms with Crippen molar-refractivity contribution >= 4 is 0 Å². The molecule has 1 heterocycles. The zero-order chi connectivity index (χ0) is 12.2. The van der Waals surface area contributed by atoms with Crippen molar-refractivity contribution in [3.63, 3.8) is 0 Å². The molecule has 0 aromatic rings. The molecule has 1 aliphatic heterocycles. The van der Waals surface area contributed by atoms with Gasteiger partial charge < -0.3 is 4.90 Å². The highest BCUT2D eigenvalue weighted by atomic mass is 15.1. The van der Waals surface area contributed by atoms with Gasteiger partial charge in [0, 0.05) is 0 Å². The molecule has 0 saturated carbocycles. The van der Waals surface area contributed by atoms with Crippen molar-refractivity contribution in [2.75, 3.05) is 20.1 Å². The van der Waals surface area contributed by atoms with E-state index in [9.17, 15) is 0 Å². The van der Waals surface area contributed by atoms with Gasteiger partial charge in [-0.2, -0.15) is 0 Å². The molecule has 0 aliphatic carbocycles. The topological polar surface area (TPSA) is 3.24 Å². The third-order valence-electron chi connectivity index (χ3n) is 3.99. The third-order valence-corrected chi connectivity index (χ3v) is 3.99. The molecule has 1 fully saturated rings. The average molecular weight is 225 g/mol. The van der Waals surface area contributed by atoms with Gasteiger partial charge >= 0.3 is 0 Å². The lowest BCUT2D eigenvalue weighted by Gasteiger charge is -2.35. The smallest absolute Gasteiger partial charge is 0.00216 e. The van der Waals surface area contributed by atoms with Gasteiger partial charge in [0.2, 0.25) is 0 Å². The molecule has 0 aromatic carbocycles. The lowest BCUT2D eigenvalue weighted by atomic mass is 9.71. The van der Waals surface area contributed by atoms with Crippen molar-refractivity contribution in [1.82, 2.24) is 4.90 Å². The van der Waals surface area contributed by atoms with E-state index < -0.39 is 0 Å². The van der Waals surface area contributed by atoms with E-state index in [0.29, 0.717) is 10.8 Å². The van der Waals surface area contributed by atoms with Gasteiger partial charge in [-0.15, -0.1) is 0 Å². The quantitative estimate of drug-likeness (QED) is 0.593. The Morgan fingerprint density at radius 1 is 0.750 bits per heavy atom. The summed E-state index contributed by atoms with van der Waals surface area (Å²) in [5.74, 6) is 0. The Morgan fingerprint density at radius 3 is 1.88 bits per heavy atom. The summed E-state index contributed by atoms with van der Waals surface area (Å²) in [6.45, 7) is 12.4. The lowest BCUT2D eigenvalue weighted by Crippen LogP contribution is -2.24. The first-order valence-electron chi connectivity index (χ1n) is 6.99. The summed E-state index contributed by atoms with van der Waals surface area (Å²) in [7, 11) is 2.27. The molecule has 0 aromatic heterocycles. The maximum Gasteiger partial charge on any atom is -0.00216 e. The van der Waals surface area contributed by atoms with E-state index in [0.717, 1.165) is 0 Å². The van der Waals surface area contributed by atoms with Crippen LogP contribution in [0.2, 0.25) is 0 Å². The molecule has 0 N–H and O–H groups in total. The minimum atomic E-state index is 0.522. The van der Waals surface area contributed by atoms with Gasteiger partial charge in [-0.25, -0.2) is 0 Å². The number of nitrogens with zero attached hydrogens (tertiary/aromatic N) is 1. The van der Waals surface area contributed by atoms with Crippen molar-refractivity contribution in [3.05, 3.63) is 0 Å². The Kier molecular flexibility index (Phi) is 4.85. The van der Waals surface area contributed by atoms with Gasteiger partial charge in [0.05, 0.1) is 0 Å². The SMILES string of the molecule is CN1CCCCC(C)(C)CC(C)(C)CCC1. The molecule has 0 bridgehead atoms. The van der Waals surface area contributed by atoms with Gasteiger partial charge in [0.25, 0.3) is 0 Å². The van der Waals surface area contributed by atoms with E-state index in [1.54, 1.807) is 0 Å². The van der Waals surface area contributed by atoms with Crippen LogP contribution in [0.15, 0.2) is 0 Å². The van der Waals surface area contributed by atoms with Crippen LogP contribution in [0.4, 0.5) is 0 Å². The maximum absolute atomic E-state index is 2.51. The van der Waals surface area contributed by atoms with Crippen LogP contribution in [0.25, 0.3) is 0 Å². The van der Waals surface area contributed by atoms with Gasteiger partial charge in [-0.3, -0.25) is 0 Å². The first-order chi connectivity index (χ1) is 7.31. The first kappa shape index (κ1) is 14.0. The Morgan fingerprint density at radius 2 is 1.25 bits per heavy atom. The van der Waals surface area contributed by atoms with Crippen molar-refractivity contribution in [1.29, 1.82) is 0 Å². The fourth-order valence-corrected chi connectivity index (χ4v) is 3.40. The first-order valence-corrected chi connectivity index (χ1v) is 6.99. The predicted octanol–water partition coefficient (Wildman–Crippen LogP) is 4.32. The molecule has 1 aliphatic rings. The van der Waals surface area contributed by atoms with Crippen LogP contribution in [0.5, 0.6) is 0 Å². The molecule has 1 heteroatoms. The highest BCUT2D eigenvalue weighted by molar-refractivity contribution is 4.80. The van der Waals surface area contributed by atoms with Crippen LogP contribution in [-0.4, -0.2) is 25.0 Å². The van der Waals surface area contributed by atoms with Crippen molar-refractivity contribution in [2.45, 2.75) is 66.2 Å². The molecule has 1 nitrogen and oxygen atoms in total. The fraction of sp³-hybridized carbons (Fsp3) is 1.00. The molecule has 1 saturated heterocycles. The summed E-state index contributed by atoms with van der Waals surface area (Å²) in [6, 6.07) is 0. The normalized spacial score (nSPS) is 28.3. The van der Waals surface area contributed by atoms with E-state index >= 15 is 0 Å². The minimum Gasteiger partial charge on any atom is -0.306 e. The monoisotopic (exact) mass is 225 g/mol. The molecule has 96 valence electrons. The standard InChI is InChI=1S/C15H31N/c1-14(2)9-6-7-11-16(5)12-8-10-15(3,4)13-14/h6-13H2,1-5H3. The Hall–Kier alpha value is -0.0400. The largest absolute Gasteiger partial charge is 0.306 e. The summed E-state index contributed by atoms with van der Waals surface area (Å²) in [5, 5.41) is 0. The Bertz CT molecular complexity index is 205. The molecular weight excluding hydrogens is 194 g/mol. The van der Waals surface area contributed by atoms with Crippen LogP contribution < -0.4 is 0 Å². The highest BCUT2D eigenvalue weighted by Gasteiger charge is 2.28. The van der Waals surface area contributed by atoms with Crippen LogP contribution in [-0.2, 0) is 0 Å². The van der Waals surface area contributed by atoms with Crippen LogP contribution >= 0.6 is 0 Å². The summed E-state index contributed by atoms with van der Waals surface area (Å²) in [5.41, 5.74) is 1.06. The number of rotatable bonds is 0. The Labute approximate surface area is 103 Å². The summed E-state index contributed by atoms with van der Waals surface area (Å²) >= 11 is 0. The van der Waals surface area contributed by atoms with Crippen LogP contribution in [0.3, 0.4) is 0 Å². The molecule has 0 atom stereocenters. The summed E-state index contributed by atoms with van der Waals surface area (Å²) < 4.78 is 0. The number of hydrogen-bond donors (Lipinski definition) is 0. The van der Waals surface area contributed by atoms with Crippen molar-refractivity contribution < 1.29 is 0 Å². The molecule has 0 unspecified atom stereocenters. The number of hydrogen-bond acceptors (Lipinski definition) is 1. The Balaban J connectivity index is 2.59. The molecule has 0 spiro atoms. The summed E-state index contributed by atoms with van der Waals surface area (Å²) in [6.07, 6.45) is 8.28. The second kappa shape index (κ2) is 5.53. The molecule has 0 radical (unpaired) electrons. The second-order valence-corrected chi connectivity index (χ2v) is 7.37. The zero-order valence-electron chi connectivity index (χ0n) is 12.1. The van der Waals surface area contributed by atoms with Crippen molar-refractivity contribution in [3.8, 4) is 0 Å². The van der Waals surface area contributed by atoms with Gasteiger partial charge in [-0.1, -0.05) is 34.1 Å². The minimum absolute atomic E-state index is 0.522. The van der Waals surface area contributed by atoms with E-state index in [1.165, 1.54) is 51.6 Å². The van der Waals surface area contributed by atoms with E-state index in [-0.39, 0.29) is 0 Å². The maximum atomic E-state index is 2.51. The van der Waals surface area contributed by atoms with E-state index in [2.05, 4.69) is 39.6 Å². The summed E-state index contributed by atoms with van der Waals surface area (Å²) in [4.78, 5) is 2.51. The fourth-order valence-electron chi connectivity index (χ4n) is 3.40. The predicted molar refractivity (Wildman–Crippen MR) is 72.8 cm³/mol. The molecule has 1 rings (SSSR count). The highest BCUT2D eigenvalue weighted by Crippen LogP contribution is 2.40. The zero-order valence-corrected chi connectivity index (χ0v) is 12.1. The molecular formula is C15H31N.